The van der Waals surface area contributed by atoms with Crippen LogP contribution in [0, 0.1) is 5.92 Å². The molecule has 1 rings (SSSR count). The summed E-state index contributed by atoms with van der Waals surface area (Å²) < 4.78 is -1.66. The molecule has 0 saturated carbocycles. The first-order valence-electron chi connectivity index (χ1n) is 5.24. The molecule has 0 aromatic carbocycles. The highest BCUT2D eigenvalue weighted by atomic mass is 35.6. The molecule has 108 valence electrons. The van der Waals surface area contributed by atoms with Crippen LogP contribution < -0.4 is 16.1 Å². The molecule has 2 unspecified atom stereocenters. The number of hydrogen-bond donors (Lipinski definition) is 3. The second-order valence-corrected chi connectivity index (χ2v) is 6.42. The standard InChI is InChI=1S/C9H12Cl3N3O4/c1-4(16)13-2-5-6(7(17)14-5)8(18)15-19-3-9(10,11)12/h5-6H,2-3H2,1H3,(H,13,16)(H,14,17)(H,15,18). The Hall–Kier alpha value is -0.760. The van der Waals surface area contributed by atoms with Gasteiger partial charge in [-0.2, -0.15) is 0 Å². The van der Waals surface area contributed by atoms with Gasteiger partial charge in [-0.15, -0.1) is 0 Å². The van der Waals surface area contributed by atoms with Crippen LogP contribution in [0.3, 0.4) is 0 Å². The van der Waals surface area contributed by atoms with Gasteiger partial charge in [-0.3, -0.25) is 19.2 Å². The van der Waals surface area contributed by atoms with Crippen molar-refractivity contribution in [1.29, 1.82) is 0 Å². The number of amides is 3. The molecule has 0 radical (unpaired) electrons. The maximum atomic E-state index is 11.6. The number of carbonyl (C=O) groups is 3. The summed E-state index contributed by atoms with van der Waals surface area (Å²) in [6.45, 7) is 1.14. The van der Waals surface area contributed by atoms with E-state index in [0.717, 1.165) is 0 Å². The zero-order valence-electron chi connectivity index (χ0n) is 9.84. The summed E-state index contributed by atoms with van der Waals surface area (Å²) >= 11 is 16.2. The van der Waals surface area contributed by atoms with E-state index in [1.165, 1.54) is 6.92 Å². The smallest absolute Gasteiger partial charge is 0.258 e. The Morgan fingerprint density at radius 3 is 2.53 bits per heavy atom. The minimum absolute atomic E-state index is 0.156. The van der Waals surface area contributed by atoms with Crippen molar-refractivity contribution < 1.29 is 19.2 Å². The largest absolute Gasteiger partial charge is 0.354 e. The average molecular weight is 333 g/mol. The Morgan fingerprint density at radius 1 is 1.42 bits per heavy atom. The quantitative estimate of drug-likeness (QED) is 0.278. The van der Waals surface area contributed by atoms with E-state index in [2.05, 4.69) is 15.5 Å². The van der Waals surface area contributed by atoms with Crippen molar-refractivity contribution in [2.45, 2.75) is 16.8 Å². The number of nitrogens with one attached hydrogen (secondary N) is 3. The molecule has 0 bridgehead atoms. The van der Waals surface area contributed by atoms with Gasteiger partial charge in [-0.25, -0.2) is 5.48 Å². The minimum atomic E-state index is -1.66. The van der Waals surface area contributed by atoms with E-state index < -0.39 is 27.6 Å². The van der Waals surface area contributed by atoms with Crippen molar-refractivity contribution in [2.75, 3.05) is 13.2 Å². The number of halogens is 3. The lowest BCUT2D eigenvalue weighted by Gasteiger charge is -2.35. The third kappa shape index (κ3) is 5.40. The van der Waals surface area contributed by atoms with Gasteiger partial charge in [0.15, 0.2) is 0 Å². The van der Waals surface area contributed by atoms with Crippen molar-refractivity contribution in [2.24, 2.45) is 5.92 Å². The molecule has 1 aliphatic heterocycles. The van der Waals surface area contributed by atoms with Crippen LogP contribution in [-0.2, 0) is 19.2 Å². The predicted octanol–water partition coefficient (Wildman–Crippen LogP) is -0.345. The van der Waals surface area contributed by atoms with E-state index in [1.54, 1.807) is 0 Å². The van der Waals surface area contributed by atoms with Gasteiger partial charge in [0.25, 0.3) is 5.91 Å². The van der Waals surface area contributed by atoms with Crippen LogP contribution in [0.1, 0.15) is 6.92 Å². The van der Waals surface area contributed by atoms with E-state index in [9.17, 15) is 14.4 Å². The van der Waals surface area contributed by atoms with E-state index >= 15 is 0 Å². The van der Waals surface area contributed by atoms with Crippen LogP contribution in [0.15, 0.2) is 0 Å². The van der Waals surface area contributed by atoms with E-state index in [1.807, 2.05) is 5.48 Å². The summed E-state index contributed by atoms with van der Waals surface area (Å²) in [6, 6.07) is -0.479. The van der Waals surface area contributed by atoms with Crippen molar-refractivity contribution in [3.8, 4) is 0 Å². The summed E-state index contributed by atoms with van der Waals surface area (Å²) in [5.41, 5.74) is 2.02. The predicted molar refractivity (Wildman–Crippen MR) is 68.5 cm³/mol. The Balaban J connectivity index is 2.37. The molecule has 1 saturated heterocycles. The molecule has 1 fully saturated rings. The minimum Gasteiger partial charge on any atom is -0.354 e. The fourth-order valence-electron chi connectivity index (χ4n) is 1.42. The normalized spacial score (nSPS) is 22.2. The summed E-state index contributed by atoms with van der Waals surface area (Å²) in [6.07, 6.45) is 0. The van der Waals surface area contributed by atoms with Gasteiger partial charge < -0.3 is 10.6 Å². The molecule has 0 aliphatic carbocycles. The van der Waals surface area contributed by atoms with E-state index in [-0.39, 0.29) is 19.1 Å². The average Bonchev–Trinajstić information content (AvgIpc) is 2.21. The molecule has 10 heteroatoms. The summed E-state index contributed by atoms with van der Waals surface area (Å²) in [4.78, 5) is 38.3. The van der Waals surface area contributed by atoms with Gasteiger partial charge in [0.2, 0.25) is 15.6 Å². The molecule has 3 N–H and O–H groups in total. The van der Waals surface area contributed by atoms with Gasteiger partial charge in [0.05, 0.1) is 6.04 Å². The summed E-state index contributed by atoms with van der Waals surface area (Å²) in [7, 11) is 0. The monoisotopic (exact) mass is 331 g/mol. The van der Waals surface area contributed by atoms with Crippen molar-refractivity contribution in [1.82, 2.24) is 16.1 Å². The van der Waals surface area contributed by atoms with Gasteiger partial charge in [-0.1, -0.05) is 34.8 Å². The lowest BCUT2D eigenvalue weighted by molar-refractivity contribution is -0.152. The van der Waals surface area contributed by atoms with Crippen molar-refractivity contribution >= 4 is 52.5 Å². The van der Waals surface area contributed by atoms with Gasteiger partial charge in [0.1, 0.15) is 12.5 Å². The second kappa shape index (κ2) is 6.60. The SMILES string of the molecule is CC(=O)NCC1NC(=O)C1C(=O)NOCC(Cl)(Cl)Cl. The van der Waals surface area contributed by atoms with Crippen LogP contribution in [0.4, 0.5) is 0 Å². The van der Waals surface area contributed by atoms with Crippen LogP contribution in [0.5, 0.6) is 0 Å². The lowest BCUT2D eigenvalue weighted by atomic mass is 9.90. The van der Waals surface area contributed by atoms with Gasteiger partial charge >= 0.3 is 0 Å². The van der Waals surface area contributed by atoms with Crippen LogP contribution in [-0.4, -0.2) is 40.7 Å². The molecule has 0 aromatic rings. The molecule has 7 nitrogen and oxygen atoms in total. The molecular formula is C9H12Cl3N3O4. The molecule has 0 aromatic heterocycles. The Kier molecular flexibility index (Phi) is 5.66. The van der Waals surface area contributed by atoms with Crippen LogP contribution >= 0.6 is 34.8 Å². The van der Waals surface area contributed by atoms with Crippen LogP contribution in [0.2, 0.25) is 0 Å². The lowest BCUT2D eigenvalue weighted by Crippen LogP contribution is -2.66. The third-order valence-electron chi connectivity index (χ3n) is 2.27. The van der Waals surface area contributed by atoms with Gasteiger partial charge in [0, 0.05) is 13.5 Å². The Bertz CT molecular complexity index is 385. The number of β-lactam (4-membered cyclic amide) rings is 1. The number of hydroxylamine groups is 1. The van der Waals surface area contributed by atoms with Gasteiger partial charge in [-0.05, 0) is 0 Å². The number of rotatable bonds is 5. The molecule has 19 heavy (non-hydrogen) atoms. The first kappa shape index (κ1) is 16.3. The summed E-state index contributed by atoms with van der Waals surface area (Å²) in [5, 5.41) is 4.98. The molecule has 2 atom stereocenters. The third-order valence-corrected chi connectivity index (χ3v) is 2.60. The molecule has 0 spiro atoms. The maximum absolute atomic E-state index is 11.6. The van der Waals surface area contributed by atoms with Crippen molar-refractivity contribution in [3.63, 3.8) is 0 Å². The highest BCUT2D eigenvalue weighted by Crippen LogP contribution is 2.25. The first-order chi connectivity index (χ1) is 8.70. The molecular weight excluding hydrogens is 320 g/mol. The Labute approximate surface area is 124 Å². The Morgan fingerprint density at radius 2 is 2.05 bits per heavy atom. The van der Waals surface area contributed by atoms with Crippen LogP contribution in [0.25, 0.3) is 0 Å². The summed E-state index contributed by atoms with van der Waals surface area (Å²) in [5.74, 6) is -2.31. The highest BCUT2D eigenvalue weighted by molar-refractivity contribution is 6.67. The number of hydrogen-bond acceptors (Lipinski definition) is 4. The zero-order valence-corrected chi connectivity index (χ0v) is 12.1. The second-order valence-electron chi connectivity index (χ2n) is 3.90. The topological polar surface area (TPSA) is 96.5 Å². The van der Waals surface area contributed by atoms with E-state index in [4.69, 9.17) is 34.8 Å². The highest BCUT2D eigenvalue weighted by Gasteiger charge is 2.44. The fraction of sp³-hybridized carbons (Fsp3) is 0.667. The first-order valence-corrected chi connectivity index (χ1v) is 6.37. The molecule has 3 amide bonds. The zero-order chi connectivity index (χ0) is 14.6. The number of carbonyl (C=O) groups excluding carboxylic acids is 3. The number of alkyl halides is 3. The molecule has 1 aliphatic rings. The maximum Gasteiger partial charge on any atom is 0.258 e. The van der Waals surface area contributed by atoms with E-state index in [0.29, 0.717) is 0 Å². The van der Waals surface area contributed by atoms with Crippen molar-refractivity contribution in [3.05, 3.63) is 0 Å². The fourth-order valence-corrected chi connectivity index (χ4v) is 1.58. The molecule has 1 heterocycles.